The van der Waals surface area contributed by atoms with Crippen LogP contribution >= 0.6 is 0 Å². The zero-order chi connectivity index (χ0) is 19.9. The van der Waals surface area contributed by atoms with E-state index in [4.69, 9.17) is 0 Å². The van der Waals surface area contributed by atoms with Gasteiger partial charge in [0.15, 0.2) is 0 Å². The molecule has 0 spiro atoms. The van der Waals surface area contributed by atoms with Crippen molar-refractivity contribution in [1.82, 2.24) is 4.72 Å². The predicted molar refractivity (Wildman–Crippen MR) is 114 cm³/mol. The van der Waals surface area contributed by atoms with Gasteiger partial charge in [0.1, 0.15) is 0 Å². The quantitative estimate of drug-likeness (QED) is 0.707. The van der Waals surface area contributed by atoms with E-state index in [1.165, 1.54) is 11.1 Å². The molecule has 0 saturated carbocycles. The minimum atomic E-state index is -3.51. The van der Waals surface area contributed by atoms with E-state index in [9.17, 15) is 8.42 Å². The molecule has 0 bridgehead atoms. The number of benzene rings is 2. The second-order valence-electron chi connectivity index (χ2n) is 8.07. The van der Waals surface area contributed by atoms with Gasteiger partial charge in [-0.25, -0.2) is 13.1 Å². The summed E-state index contributed by atoms with van der Waals surface area (Å²) in [4.78, 5) is 0.349. The van der Waals surface area contributed by atoms with Crippen molar-refractivity contribution in [2.45, 2.75) is 56.5 Å². The third-order valence-corrected chi connectivity index (χ3v) is 7.60. The minimum Gasteiger partial charge on any atom is -0.378 e. The maximum Gasteiger partial charge on any atom is 0.240 e. The molecule has 4 unspecified atom stereocenters. The van der Waals surface area contributed by atoms with Gasteiger partial charge in [-0.1, -0.05) is 48.9 Å². The molecule has 4 nitrogen and oxygen atoms in total. The van der Waals surface area contributed by atoms with Crippen LogP contribution in [-0.2, 0) is 10.0 Å². The van der Waals surface area contributed by atoms with E-state index < -0.39 is 10.0 Å². The van der Waals surface area contributed by atoms with Crippen LogP contribution in [0, 0.1) is 12.8 Å². The summed E-state index contributed by atoms with van der Waals surface area (Å²) >= 11 is 0. The Kier molecular flexibility index (Phi) is 5.06. The minimum absolute atomic E-state index is 0.0796. The zero-order valence-corrected chi connectivity index (χ0v) is 17.5. The highest BCUT2D eigenvalue weighted by Gasteiger charge is 2.38. The molecular formula is C23H28N2O2S. The topological polar surface area (TPSA) is 58.2 Å². The third kappa shape index (κ3) is 3.49. The molecule has 4 atom stereocenters. The van der Waals surface area contributed by atoms with Crippen molar-refractivity contribution in [3.05, 3.63) is 71.3 Å². The Morgan fingerprint density at radius 3 is 2.79 bits per heavy atom. The predicted octanol–water partition coefficient (Wildman–Crippen LogP) is 4.90. The molecule has 0 radical (unpaired) electrons. The molecule has 1 aliphatic carbocycles. The molecule has 5 heteroatoms. The Balaban J connectivity index is 1.71. The summed E-state index contributed by atoms with van der Waals surface area (Å²) in [5, 5.41) is 3.69. The number of hydrogen-bond donors (Lipinski definition) is 2. The summed E-state index contributed by atoms with van der Waals surface area (Å²) in [6.45, 7) is 5.98. The average Bonchev–Trinajstić information content (AvgIpc) is 3.16. The van der Waals surface area contributed by atoms with Gasteiger partial charge in [0, 0.05) is 17.6 Å². The van der Waals surface area contributed by atoms with Gasteiger partial charge in [-0.3, -0.25) is 0 Å². The lowest BCUT2D eigenvalue weighted by Gasteiger charge is -2.38. The van der Waals surface area contributed by atoms with Crippen molar-refractivity contribution in [2.24, 2.45) is 5.92 Å². The van der Waals surface area contributed by atoms with Crippen LogP contribution in [-0.4, -0.2) is 14.5 Å². The first-order valence-corrected chi connectivity index (χ1v) is 11.5. The first-order valence-electron chi connectivity index (χ1n) is 10.0. The summed E-state index contributed by atoms with van der Waals surface area (Å²) in [5.74, 6) is 0.635. The lowest BCUT2D eigenvalue weighted by molar-refractivity contribution is 0.425. The van der Waals surface area contributed by atoms with E-state index in [-0.39, 0.29) is 18.0 Å². The number of rotatable bonds is 5. The van der Waals surface area contributed by atoms with Crippen LogP contribution in [0.25, 0.3) is 0 Å². The van der Waals surface area contributed by atoms with Crippen LogP contribution < -0.4 is 10.0 Å². The van der Waals surface area contributed by atoms with E-state index in [1.807, 2.05) is 26.0 Å². The van der Waals surface area contributed by atoms with Gasteiger partial charge in [0.2, 0.25) is 10.0 Å². The lowest BCUT2D eigenvalue weighted by atomic mass is 9.77. The molecular weight excluding hydrogens is 368 g/mol. The number of nitrogens with one attached hydrogen (secondary N) is 2. The number of sulfonamides is 1. The molecule has 0 fully saturated rings. The SMILES string of the molecule is CCC(C)NS(=O)(=O)c1ccc2c(c1)C1C=CCC1C(c1cccc(C)c1)N2. The van der Waals surface area contributed by atoms with Crippen molar-refractivity contribution in [2.75, 3.05) is 5.32 Å². The molecule has 2 N–H and O–H groups in total. The van der Waals surface area contributed by atoms with Gasteiger partial charge >= 0.3 is 0 Å². The largest absolute Gasteiger partial charge is 0.378 e. The number of hydrogen-bond acceptors (Lipinski definition) is 3. The van der Waals surface area contributed by atoms with Crippen LogP contribution in [0.2, 0.25) is 0 Å². The van der Waals surface area contributed by atoms with Gasteiger partial charge in [0.25, 0.3) is 0 Å². The molecule has 0 saturated heterocycles. The third-order valence-electron chi connectivity index (χ3n) is 6.01. The normalized spacial score (nSPS) is 24.3. The van der Waals surface area contributed by atoms with Crippen LogP contribution in [0.15, 0.2) is 59.5 Å². The Bertz CT molecular complexity index is 1010. The summed E-state index contributed by atoms with van der Waals surface area (Å²) < 4.78 is 28.3. The Morgan fingerprint density at radius 2 is 2.04 bits per heavy atom. The smallest absolute Gasteiger partial charge is 0.240 e. The van der Waals surface area contributed by atoms with Crippen LogP contribution in [0.1, 0.15) is 55.3 Å². The highest BCUT2D eigenvalue weighted by molar-refractivity contribution is 7.89. The molecule has 1 aliphatic heterocycles. The second-order valence-corrected chi connectivity index (χ2v) is 9.78. The molecule has 0 aromatic heterocycles. The van der Waals surface area contributed by atoms with Crippen LogP contribution in [0.3, 0.4) is 0 Å². The summed E-state index contributed by atoms with van der Waals surface area (Å²) in [7, 11) is -3.51. The number of aryl methyl sites for hydroxylation is 1. The molecule has 2 aromatic rings. The lowest BCUT2D eigenvalue weighted by Crippen LogP contribution is -2.33. The van der Waals surface area contributed by atoms with E-state index in [2.05, 4.69) is 53.4 Å². The highest BCUT2D eigenvalue weighted by atomic mass is 32.2. The molecule has 1 heterocycles. The monoisotopic (exact) mass is 396 g/mol. The average molecular weight is 397 g/mol. The van der Waals surface area contributed by atoms with Crippen LogP contribution in [0.4, 0.5) is 5.69 Å². The number of anilines is 1. The van der Waals surface area contributed by atoms with Crippen molar-refractivity contribution in [1.29, 1.82) is 0 Å². The van der Waals surface area contributed by atoms with Gasteiger partial charge in [-0.2, -0.15) is 0 Å². The van der Waals surface area contributed by atoms with E-state index >= 15 is 0 Å². The molecule has 0 amide bonds. The molecule has 4 rings (SSSR count). The standard InChI is InChI=1S/C23H28N2O2S/c1-4-16(3)25-28(26,27)18-11-12-22-21(14-18)19-9-6-10-20(19)23(24-22)17-8-5-7-15(2)13-17/h5-9,11-14,16,19-20,23-25H,4,10H2,1-3H3. The van der Waals surface area contributed by atoms with Crippen molar-refractivity contribution >= 4 is 15.7 Å². The Hall–Kier alpha value is -2.11. The molecule has 2 aromatic carbocycles. The first kappa shape index (κ1) is 19.2. The zero-order valence-electron chi connectivity index (χ0n) is 16.6. The van der Waals surface area contributed by atoms with Gasteiger partial charge in [-0.05, 0) is 61.9 Å². The summed E-state index contributed by atoms with van der Waals surface area (Å²) in [6.07, 6.45) is 6.23. The number of allylic oxidation sites excluding steroid dienone is 2. The van der Waals surface area contributed by atoms with Gasteiger partial charge in [0.05, 0.1) is 10.9 Å². The fourth-order valence-corrected chi connectivity index (χ4v) is 5.71. The van der Waals surface area contributed by atoms with Crippen molar-refractivity contribution in [3.8, 4) is 0 Å². The fraction of sp³-hybridized carbons (Fsp3) is 0.391. The fourth-order valence-electron chi connectivity index (χ4n) is 4.35. The highest BCUT2D eigenvalue weighted by Crippen LogP contribution is 2.50. The Morgan fingerprint density at radius 1 is 1.21 bits per heavy atom. The van der Waals surface area contributed by atoms with E-state index in [0.29, 0.717) is 10.8 Å². The molecule has 148 valence electrons. The van der Waals surface area contributed by atoms with E-state index in [0.717, 1.165) is 24.1 Å². The maximum atomic E-state index is 12.8. The second kappa shape index (κ2) is 7.37. The van der Waals surface area contributed by atoms with Crippen molar-refractivity contribution < 1.29 is 8.42 Å². The van der Waals surface area contributed by atoms with Gasteiger partial charge < -0.3 is 5.32 Å². The van der Waals surface area contributed by atoms with Crippen molar-refractivity contribution in [3.63, 3.8) is 0 Å². The van der Waals surface area contributed by atoms with Gasteiger partial charge in [-0.15, -0.1) is 0 Å². The molecule has 28 heavy (non-hydrogen) atoms. The van der Waals surface area contributed by atoms with Crippen LogP contribution in [0.5, 0.6) is 0 Å². The summed E-state index contributed by atoms with van der Waals surface area (Å²) in [6, 6.07) is 14.3. The molecule has 2 aliphatic rings. The number of fused-ring (bicyclic) bond motifs is 3. The first-order chi connectivity index (χ1) is 13.4. The maximum absolute atomic E-state index is 12.8. The summed E-state index contributed by atoms with van der Waals surface area (Å²) in [5.41, 5.74) is 4.65. The van der Waals surface area contributed by atoms with E-state index in [1.54, 1.807) is 6.07 Å². The Labute approximate surface area is 168 Å².